The minimum Gasteiger partial charge on any atom is -0.309 e. The number of H-pyrrole nitrogens is 1. The Kier molecular flexibility index (Phi) is 4.53. The third kappa shape index (κ3) is 3.63. The number of hydrogen-bond acceptors (Lipinski definition) is 2. The Morgan fingerprint density at radius 3 is 2.90 bits per heavy atom. The summed E-state index contributed by atoms with van der Waals surface area (Å²) in [6.07, 6.45) is 9.61. The third-order valence-electron chi connectivity index (χ3n) is 4.47. The molecule has 21 heavy (non-hydrogen) atoms. The average molecular weight is 285 g/mol. The van der Waals surface area contributed by atoms with E-state index in [1.165, 1.54) is 38.5 Å². The smallest absolute Gasteiger partial charge is 0.225 e. The Morgan fingerprint density at radius 1 is 1.24 bits per heavy atom. The van der Waals surface area contributed by atoms with E-state index >= 15 is 0 Å². The van der Waals surface area contributed by atoms with Gasteiger partial charge in [-0.05, 0) is 30.9 Å². The summed E-state index contributed by atoms with van der Waals surface area (Å²) in [5.41, 5.74) is 0.954. The van der Waals surface area contributed by atoms with Gasteiger partial charge in [0.2, 0.25) is 5.91 Å². The number of amides is 1. The number of carbonyl (C=O) groups is 1. The average Bonchev–Trinajstić information content (AvgIpc) is 2.92. The number of benzene rings is 1. The van der Waals surface area contributed by atoms with Crippen molar-refractivity contribution in [2.45, 2.75) is 51.4 Å². The van der Waals surface area contributed by atoms with Gasteiger partial charge in [-0.15, -0.1) is 0 Å². The van der Waals surface area contributed by atoms with Gasteiger partial charge in [0.15, 0.2) is 5.82 Å². The van der Waals surface area contributed by atoms with Crippen LogP contribution in [-0.4, -0.2) is 16.1 Å². The zero-order valence-electron chi connectivity index (χ0n) is 12.4. The second-order valence-corrected chi connectivity index (χ2v) is 6.06. The Balaban J connectivity index is 1.47. The molecule has 0 unspecified atom stereocenters. The molecular weight excluding hydrogens is 262 g/mol. The number of fused-ring (bicyclic) bond motifs is 1. The predicted octanol–water partition coefficient (Wildman–Crippen LogP) is 4.25. The van der Waals surface area contributed by atoms with E-state index in [2.05, 4.69) is 15.5 Å². The van der Waals surface area contributed by atoms with E-state index in [4.69, 9.17) is 0 Å². The monoisotopic (exact) mass is 285 g/mol. The molecule has 2 aromatic rings. The number of nitrogens with zero attached hydrogens (tertiary/aromatic N) is 1. The minimum absolute atomic E-state index is 0.0723. The molecule has 1 aliphatic rings. The van der Waals surface area contributed by atoms with Crippen molar-refractivity contribution in [1.82, 2.24) is 10.2 Å². The number of nitrogens with one attached hydrogen (secondary N) is 2. The number of aromatic nitrogens is 2. The van der Waals surface area contributed by atoms with Crippen molar-refractivity contribution >= 4 is 22.6 Å². The van der Waals surface area contributed by atoms with Crippen LogP contribution in [0.25, 0.3) is 10.9 Å². The molecule has 1 heterocycles. The summed E-state index contributed by atoms with van der Waals surface area (Å²) in [5.74, 6) is 1.56. The van der Waals surface area contributed by atoms with Crippen LogP contribution in [0.5, 0.6) is 0 Å². The highest BCUT2D eigenvalue weighted by Gasteiger charge is 2.14. The molecule has 0 atom stereocenters. The number of carbonyl (C=O) groups excluding carboxylic acids is 1. The van der Waals surface area contributed by atoms with Gasteiger partial charge in [0.05, 0.1) is 5.52 Å². The van der Waals surface area contributed by atoms with Crippen molar-refractivity contribution in [1.29, 1.82) is 0 Å². The first-order valence-corrected chi connectivity index (χ1v) is 8.06. The minimum atomic E-state index is 0.0723. The highest BCUT2D eigenvalue weighted by Crippen LogP contribution is 2.27. The lowest BCUT2D eigenvalue weighted by Gasteiger charge is -2.21. The topological polar surface area (TPSA) is 57.8 Å². The number of anilines is 1. The Hall–Kier alpha value is -1.84. The molecular formula is C17H23N3O. The van der Waals surface area contributed by atoms with Gasteiger partial charge in [-0.3, -0.25) is 9.89 Å². The molecule has 1 fully saturated rings. The van der Waals surface area contributed by atoms with E-state index < -0.39 is 0 Å². The van der Waals surface area contributed by atoms with Crippen LogP contribution in [0.1, 0.15) is 51.4 Å². The molecule has 0 spiro atoms. The molecule has 1 amide bonds. The van der Waals surface area contributed by atoms with Crippen molar-refractivity contribution in [2.75, 3.05) is 5.32 Å². The van der Waals surface area contributed by atoms with E-state index in [1.807, 2.05) is 24.3 Å². The van der Waals surface area contributed by atoms with E-state index in [0.717, 1.165) is 23.2 Å². The fourth-order valence-corrected chi connectivity index (χ4v) is 3.28. The summed E-state index contributed by atoms with van der Waals surface area (Å²) in [5, 5.41) is 11.0. The maximum absolute atomic E-state index is 12.0. The van der Waals surface area contributed by atoms with Crippen LogP contribution in [0.15, 0.2) is 24.3 Å². The summed E-state index contributed by atoms with van der Waals surface area (Å²) in [6, 6.07) is 7.84. The molecule has 3 rings (SSSR count). The number of aromatic amines is 1. The zero-order chi connectivity index (χ0) is 14.5. The van der Waals surface area contributed by atoms with Crippen LogP contribution in [0, 0.1) is 5.92 Å². The predicted molar refractivity (Wildman–Crippen MR) is 85.1 cm³/mol. The highest BCUT2D eigenvalue weighted by molar-refractivity contribution is 5.99. The quantitative estimate of drug-likeness (QED) is 0.862. The van der Waals surface area contributed by atoms with Crippen LogP contribution in [0.4, 0.5) is 5.82 Å². The molecule has 2 N–H and O–H groups in total. The number of rotatable bonds is 5. The zero-order valence-corrected chi connectivity index (χ0v) is 12.4. The van der Waals surface area contributed by atoms with Crippen molar-refractivity contribution in [3.63, 3.8) is 0 Å². The Labute approximate surface area is 125 Å². The third-order valence-corrected chi connectivity index (χ3v) is 4.47. The molecule has 1 aromatic carbocycles. The molecule has 112 valence electrons. The Bertz CT molecular complexity index is 599. The van der Waals surface area contributed by atoms with Gasteiger partial charge in [0.1, 0.15) is 0 Å². The molecule has 4 nitrogen and oxygen atoms in total. The molecule has 1 aliphatic carbocycles. The molecule has 0 aliphatic heterocycles. The van der Waals surface area contributed by atoms with Gasteiger partial charge < -0.3 is 5.32 Å². The second kappa shape index (κ2) is 6.74. The van der Waals surface area contributed by atoms with E-state index in [-0.39, 0.29) is 5.91 Å². The van der Waals surface area contributed by atoms with Crippen LogP contribution in [0.3, 0.4) is 0 Å². The van der Waals surface area contributed by atoms with E-state index in [9.17, 15) is 4.79 Å². The van der Waals surface area contributed by atoms with Gasteiger partial charge in [0, 0.05) is 11.8 Å². The molecule has 1 saturated carbocycles. The normalized spacial score (nSPS) is 16.2. The lowest BCUT2D eigenvalue weighted by Crippen LogP contribution is -2.13. The standard InChI is InChI=1S/C17H23N3O/c21-16(12-6-9-13-7-2-1-3-8-13)18-17-14-10-4-5-11-15(14)19-20-17/h4-5,10-11,13H,1-3,6-9,12H2,(H2,18,19,20,21). The van der Waals surface area contributed by atoms with Crippen LogP contribution in [-0.2, 0) is 4.79 Å². The fraction of sp³-hybridized carbons (Fsp3) is 0.529. The lowest BCUT2D eigenvalue weighted by molar-refractivity contribution is -0.116. The van der Waals surface area contributed by atoms with Gasteiger partial charge >= 0.3 is 0 Å². The molecule has 0 saturated heterocycles. The van der Waals surface area contributed by atoms with E-state index in [0.29, 0.717) is 12.2 Å². The first-order chi connectivity index (χ1) is 10.3. The van der Waals surface area contributed by atoms with Crippen molar-refractivity contribution in [3.05, 3.63) is 24.3 Å². The largest absolute Gasteiger partial charge is 0.309 e. The van der Waals surface area contributed by atoms with E-state index in [1.54, 1.807) is 0 Å². The van der Waals surface area contributed by atoms with Crippen LogP contribution < -0.4 is 5.32 Å². The first kappa shape index (κ1) is 14.1. The van der Waals surface area contributed by atoms with Gasteiger partial charge in [-0.1, -0.05) is 44.2 Å². The SMILES string of the molecule is O=C(CCCC1CCCCC1)Nc1n[nH]c2ccccc12. The molecule has 0 radical (unpaired) electrons. The molecule has 1 aromatic heterocycles. The lowest BCUT2D eigenvalue weighted by atomic mass is 9.86. The van der Waals surface area contributed by atoms with Gasteiger partial charge in [0.25, 0.3) is 0 Å². The van der Waals surface area contributed by atoms with Crippen LogP contribution >= 0.6 is 0 Å². The molecule has 0 bridgehead atoms. The second-order valence-electron chi connectivity index (χ2n) is 6.06. The maximum Gasteiger partial charge on any atom is 0.225 e. The van der Waals surface area contributed by atoms with Crippen molar-refractivity contribution in [3.8, 4) is 0 Å². The van der Waals surface area contributed by atoms with Gasteiger partial charge in [-0.2, -0.15) is 5.10 Å². The summed E-state index contributed by atoms with van der Waals surface area (Å²) in [6.45, 7) is 0. The Morgan fingerprint density at radius 2 is 2.05 bits per heavy atom. The number of para-hydroxylation sites is 1. The summed E-state index contributed by atoms with van der Waals surface area (Å²) < 4.78 is 0. The fourth-order valence-electron chi connectivity index (χ4n) is 3.28. The maximum atomic E-state index is 12.0. The highest BCUT2D eigenvalue weighted by atomic mass is 16.1. The number of hydrogen-bond donors (Lipinski definition) is 2. The van der Waals surface area contributed by atoms with Crippen molar-refractivity contribution in [2.24, 2.45) is 5.92 Å². The summed E-state index contributed by atoms with van der Waals surface area (Å²) in [4.78, 5) is 12.0. The summed E-state index contributed by atoms with van der Waals surface area (Å²) in [7, 11) is 0. The molecule has 4 heteroatoms. The first-order valence-electron chi connectivity index (χ1n) is 8.06. The van der Waals surface area contributed by atoms with Gasteiger partial charge in [-0.25, -0.2) is 0 Å². The van der Waals surface area contributed by atoms with Crippen LogP contribution in [0.2, 0.25) is 0 Å². The summed E-state index contributed by atoms with van der Waals surface area (Å²) >= 11 is 0. The van der Waals surface area contributed by atoms with Crippen molar-refractivity contribution < 1.29 is 4.79 Å².